The third kappa shape index (κ3) is 4.23. The van der Waals surface area contributed by atoms with Crippen molar-refractivity contribution in [3.05, 3.63) is 35.1 Å². The molecule has 0 amide bonds. The predicted molar refractivity (Wildman–Crippen MR) is 84.5 cm³/mol. The first-order valence-electron chi connectivity index (χ1n) is 7.61. The number of nitrogens with zero attached hydrogens (tertiary/aromatic N) is 2. The maximum absolute atomic E-state index is 13.5. The summed E-state index contributed by atoms with van der Waals surface area (Å²) in [4.78, 5) is 4.71. The lowest BCUT2D eigenvalue weighted by molar-refractivity contribution is 0.177. The number of rotatable bonds is 4. The summed E-state index contributed by atoms with van der Waals surface area (Å²) in [6.45, 7) is 5.16. The van der Waals surface area contributed by atoms with Crippen molar-refractivity contribution in [1.29, 1.82) is 0 Å². The molecule has 1 saturated heterocycles. The highest BCUT2D eigenvalue weighted by Gasteiger charge is 2.28. The zero-order valence-corrected chi connectivity index (χ0v) is 13.3. The molecular formula is C16H27FN4. The van der Waals surface area contributed by atoms with E-state index < -0.39 is 0 Å². The van der Waals surface area contributed by atoms with Gasteiger partial charge in [0.05, 0.1) is 0 Å². The van der Waals surface area contributed by atoms with Crippen LogP contribution in [0.15, 0.2) is 18.2 Å². The Bertz CT molecular complexity index is 466. The van der Waals surface area contributed by atoms with Crippen molar-refractivity contribution >= 4 is 0 Å². The van der Waals surface area contributed by atoms with Crippen LogP contribution < -0.4 is 11.3 Å². The van der Waals surface area contributed by atoms with Crippen molar-refractivity contribution < 1.29 is 4.39 Å². The van der Waals surface area contributed by atoms with Crippen LogP contribution in [-0.2, 0) is 6.42 Å². The summed E-state index contributed by atoms with van der Waals surface area (Å²) in [7, 11) is 4.29. The molecular weight excluding hydrogens is 267 g/mol. The molecule has 5 heteroatoms. The van der Waals surface area contributed by atoms with Gasteiger partial charge in [0.25, 0.3) is 0 Å². The second-order valence-electron chi connectivity index (χ2n) is 6.21. The largest absolute Gasteiger partial charge is 0.305 e. The van der Waals surface area contributed by atoms with Crippen molar-refractivity contribution in [3.8, 4) is 0 Å². The van der Waals surface area contributed by atoms with Gasteiger partial charge in [-0.1, -0.05) is 6.07 Å². The summed E-state index contributed by atoms with van der Waals surface area (Å²) in [5, 5.41) is 0. The number of hydrogen-bond acceptors (Lipinski definition) is 4. The molecule has 0 bridgehead atoms. The molecule has 1 aromatic carbocycles. The van der Waals surface area contributed by atoms with Crippen molar-refractivity contribution in [2.75, 3.05) is 33.7 Å². The van der Waals surface area contributed by atoms with Crippen LogP contribution in [-0.4, -0.2) is 55.6 Å². The lowest BCUT2D eigenvalue weighted by Gasteiger charge is -2.34. The second kappa shape index (κ2) is 7.31. The average molecular weight is 294 g/mol. The zero-order chi connectivity index (χ0) is 15.4. The Kier molecular flexibility index (Phi) is 5.70. The van der Waals surface area contributed by atoms with Crippen LogP contribution in [0.2, 0.25) is 0 Å². The van der Waals surface area contributed by atoms with Gasteiger partial charge < -0.3 is 9.80 Å². The molecule has 21 heavy (non-hydrogen) atoms. The van der Waals surface area contributed by atoms with E-state index in [-0.39, 0.29) is 11.9 Å². The molecule has 2 unspecified atom stereocenters. The van der Waals surface area contributed by atoms with Crippen molar-refractivity contribution in [3.63, 3.8) is 0 Å². The van der Waals surface area contributed by atoms with E-state index in [1.165, 1.54) is 12.5 Å². The number of nitrogens with one attached hydrogen (secondary N) is 1. The first kappa shape index (κ1) is 16.4. The van der Waals surface area contributed by atoms with Crippen LogP contribution in [0, 0.1) is 12.7 Å². The van der Waals surface area contributed by atoms with Gasteiger partial charge in [-0.25, -0.2) is 4.39 Å². The standard InChI is InChI=1S/C16H27FN4/c1-12-5-6-14(17)9-13(12)10-15(19-18)16-11-20(2)7-4-8-21(16)3/h5-6,9,15-16,19H,4,7-8,10-11,18H2,1-3H3. The quantitative estimate of drug-likeness (QED) is 0.646. The van der Waals surface area contributed by atoms with Crippen molar-refractivity contribution in [2.45, 2.75) is 31.8 Å². The van der Waals surface area contributed by atoms with E-state index in [1.807, 2.05) is 13.0 Å². The van der Waals surface area contributed by atoms with Crippen molar-refractivity contribution in [2.24, 2.45) is 5.84 Å². The number of halogens is 1. The van der Waals surface area contributed by atoms with E-state index in [9.17, 15) is 4.39 Å². The Morgan fingerprint density at radius 3 is 2.86 bits per heavy atom. The molecule has 2 atom stereocenters. The van der Waals surface area contributed by atoms with Gasteiger partial charge in [-0.05, 0) is 70.2 Å². The van der Waals surface area contributed by atoms with E-state index in [1.54, 1.807) is 6.07 Å². The average Bonchev–Trinajstić information content (AvgIpc) is 2.61. The van der Waals surface area contributed by atoms with E-state index in [4.69, 9.17) is 5.84 Å². The van der Waals surface area contributed by atoms with Crippen molar-refractivity contribution in [1.82, 2.24) is 15.2 Å². The topological polar surface area (TPSA) is 44.5 Å². The first-order valence-corrected chi connectivity index (χ1v) is 7.61. The molecule has 0 spiro atoms. The van der Waals surface area contributed by atoms with Gasteiger partial charge in [-0.2, -0.15) is 0 Å². The van der Waals surface area contributed by atoms with Crippen LogP contribution in [0.4, 0.5) is 4.39 Å². The van der Waals surface area contributed by atoms with Crippen LogP contribution in [0.25, 0.3) is 0 Å². The number of hydrazine groups is 1. The molecule has 0 saturated carbocycles. The minimum atomic E-state index is -0.183. The molecule has 1 aliphatic rings. The molecule has 4 nitrogen and oxygen atoms in total. The maximum Gasteiger partial charge on any atom is 0.123 e. The zero-order valence-electron chi connectivity index (χ0n) is 13.3. The molecule has 1 fully saturated rings. The molecule has 1 heterocycles. The smallest absolute Gasteiger partial charge is 0.123 e. The minimum absolute atomic E-state index is 0.107. The van der Waals surface area contributed by atoms with Gasteiger partial charge in [0.2, 0.25) is 0 Å². The van der Waals surface area contributed by atoms with Gasteiger partial charge in [0.1, 0.15) is 5.82 Å². The van der Waals surface area contributed by atoms with Crippen LogP contribution in [0.5, 0.6) is 0 Å². The highest BCUT2D eigenvalue weighted by Crippen LogP contribution is 2.17. The van der Waals surface area contributed by atoms with E-state index in [0.29, 0.717) is 6.04 Å². The van der Waals surface area contributed by atoms with E-state index in [0.717, 1.165) is 37.2 Å². The fourth-order valence-electron chi connectivity index (χ4n) is 3.14. The van der Waals surface area contributed by atoms with Gasteiger partial charge in [-0.15, -0.1) is 0 Å². The van der Waals surface area contributed by atoms with Crippen LogP contribution >= 0.6 is 0 Å². The lowest BCUT2D eigenvalue weighted by atomic mass is 9.95. The third-order valence-electron chi connectivity index (χ3n) is 4.55. The fraction of sp³-hybridized carbons (Fsp3) is 0.625. The molecule has 2 rings (SSSR count). The summed E-state index contributed by atoms with van der Waals surface area (Å²) in [5.41, 5.74) is 5.09. The van der Waals surface area contributed by atoms with Gasteiger partial charge in [0.15, 0.2) is 0 Å². The van der Waals surface area contributed by atoms with Gasteiger partial charge >= 0.3 is 0 Å². The number of likely N-dealkylation sites (N-methyl/N-ethyl adjacent to an activating group) is 2. The van der Waals surface area contributed by atoms with Gasteiger partial charge in [-0.3, -0.25) is 11.3 Å². The minimum Gasteiger partial charge on any atom is -0.305 e. The van der Waals surface area contributed by atoms with Crippen LogP contribution in [0.3, 0.4) is 0 Å². The number of benzene rings is 1. The summed E-state index contributed by atoms with van der Waals surface area (Å²) in [6.07, 6.45) is 1.91. The molecule has 1 aliphatic heterocycles. The maximum atomic E-state index is 13.5. The molecule has 0 aromatic heterocycles. The second-order valence-corrected chi connectivity index (χ2v) is 6.21. The summed E-state index contributed by atoms with van der Waals surface area (Å²) in [5.74, 6) is 5.63. The highest BCUT2D eigenvalue weighted by atomic mass is 19.1. The SMILES string of the molecule is Cc1ccc(F)cc1CC(NN)C1CN(C)CCCN1C. The molecule has 3 N–H and O–H groups in total. The molecule has 118 valence electrons. The Morgan fingerprint density at radius 1 is 1.38 bits per heavy atom. The molecule has 0 radical (unpaired) electrons. The Morgan fingerprint density at radius 2 is 2.14 bits per heavy atom. The van der Waals surface area contributed by atoms with E-state index in [2.05, 4.69) is 29.3 Å². The number of nitrogens with two attached hydrogens (primary N) is 1. The van der Waals surface area contributed by atoms with Crippen LogP contribution in [0.1, 0.15) is 17.5 Å². The van der Waals surface area contributed by atoms with E-state index >= 15 is 0 Å². The highest BCUT2D eigenvalue weighted by molar-refractivity contribution is 5.27. The Balaban J connectivity index is 2.16. The third-order valence-corrected chi connectivity index (χ3v) is 4.55. The first-order chi connectivity index (χ1) is 10.0. The number of aryl methyl sites for hydroxylation is 1. The number of hydrogen-bond donors (Lipinski definition) is 2. The fourth-order valence-corrected chi connectivity index (χ4v) is 3.14. The predicted octanol–water partition coefficient (Wildman–Crippen LogP) is 1.14. The summed E-state index contributed by atoms with van der Waals surface area (Å²) < 4.78 is 13.5. The summed E-state index contributed by atoms with van der Waals surface area (Å²) >= 11 is 0. The Hall–Kier alpha value is -1.01. The molecule has 1 aromatic rings. The normalized spacial score (nSPS) is 23.0. The Labute approximate surface area is 127 Å². The molecule has 0 aliphatic carbocycles. The lowest BCUT2D eigenvalue weighted by Crippen LogP contribution is -2.55. The summed E-state index contributed by atoms with van der Waals surface area (Å²) in [6, 6.07) is 5.40. The monoisotopic (exact) mass is 294 g/mol. The van der Waals surface area contributed by atoms with Gasteiger partial charge in [0, 0.05) is 18.6 Å².